The second kappa shape index (κ2) is 7.07. The van der Waals surface area contributed by atoms with E-state index in [0.29, 0.717) is 22.9 Å². The van der Waals surface area contributed by atoms with E-state index >= 15 is 0 Å². The summed E-state index contributed by atoms with van der Waals surface area (Å²) in [5, 5.41) is 6.31. The van der Waals surface area contributed by atoms with E-state index in [1.54, 1.807) is 25.1 Å². The number of aryl methyl sites for hydroxylation is 1. The highest BCUT2D eigenvalue weighted by Crippen LogP contribution is 2.30. The lowest BCUT2D eigenvalue weighted by molar-refractivity contribution is 0.100. The number of anilines is 1. The highest BCUT2D eigenvalue weighted by molar-refractivity contribution is 6.30. The normalized spacial score (nSPS) is 19.9. The van der Waals surface area contributed by atoms with Crippen LogP contribution in [0.25, 0.3) is 0 Å². The number of nitrogens with one attached hydrogen (secondary N) is 3. The smallest absolute Gasteiger partial charge is 0.319 e. The summed E-state index contributed by atoms with van der Waals surface area (Å²) < 4.78 is 5.74. The number of halogens is 1. The van der Waals surface area contributed by atoms with Crippen LogP contribution < -0.4 is 16.2 Å². The topological polar surface area (TPSA) is 83.2 Å². The van der Waals surface area contributed by atoms with E-state index in [0.717, 1.165) is 12.0 Å². The van der Waals surface area contributed by atoms with E-state index in [1.807, 2.05) is 12.1 Å². The van der Waals surface area contributed by atoms with Gasteiger partial charge >= 0.3 is 6.03 Å². The number of amides is 2. The molecule has 0 radical (unpaired) electrons. The number of H-pyrrole nitrogens is 1. The fourth-order valence-electron chi connectivity index (χ4n) is 2.72. The molecule has 2 heterocycles. The van der Waals surface area contributed by atoms with Gasteiger partial charge in [0, 0.05) is 23.4 Å². The van der Waals surface area contributed by atoms with Crippen molar-refractivity contribution in [3.8, 4) is 0 Å². The van der Waals surface area contributed by atoms with Gasteiger partial charge in [0.15, 0.2) is 0 Å². The Kier molecular flexibility index (Phi) is 4.87. The molecule has 0 bridgehead atoms. The molecule has 1 aromatic carbocycles. The number of aromatic amines is 1. The predicted octanol–water partition coefficient (Wildman–Crippen LogP) is 2.99. The molecule has 2 aromatic rings. The van der Waals surface area contributed by atoms with E-state index in [9.17, 15) is 9.59 Å². The molecule has 0 unspecified atom stereocenters. The van der Waals surface area contributed by atoms with Crippen LogP contribution in [-0.4, -0.2) is 23.7 Å². The molecule has 6 nitrogen and oxygen atoms in total. The molecule has 1 saturated heterocycles. The van der Waals surface area contributed by atoms with E-state index in [2.05, 4.69) is 15.6 Å². The van der Waals surface area contributed by atoms with Crippen molar-refractivity contribution < 1.29 is 9.53 Å². The molecule has 0 saturated carbocycles. The molecule has 0 spiro atoms. The average Bonchev–Trinajstić information content (AvgIpc) is 2.99. The van der Waals surface area contributed by atoms with Gasteiger partial charge in [-0.05, 0) is 37.1 Å². The number of ether oxygens (including phenoxy) is 1. The van der Waals surface area contributed by atoms with Crippen LogP contribution in [0.1, 0.15) is 23.7 Å². The van der Waals surface area contributed by atoms with E-state index in [4.69, 9.17) is 16.3 Å². The maximum absolute atomic E-state index is 12.2. The average molecular weight is 348 g/mol. The first-order valence-corrected chi connectivity index (χ1v) is 8.04. The van der Waals surface area contributed by atoms with Gasteiger partial charge in [-0.1, -0.05) is 23.7 Å². The summed E-state index contributed by atoms with van der Waals surface area (Å²) in [6, 6.07) is 8.57. The molecule has 126 valence electrons. The number of hydrogen-bond donors (Lipinski definition) is 3. The summed E-state index contributed by atoms with van der Waals surface area (Å²) >= 11 is 5.91. The summed E-state index contributed by atoms with van der Waals surface area (Å²) in [5.41, 5.74) is 1.87. The van der Waals surface area contributed by atoms with E-state index in [-0.39, 0.29) is 23.7 Å². The van der Waals surface area contributed by atoms with Gasteiger partial charge in [-0.25, -0.2) is 4.79 Å². The predicted molar refractivity (Wildman–Crippen MR) is 92.5 cm³/mol. The van der Waals surface area contributed by atoms with Gasteiger partial charge in [-0.2, -0.15) is 0 Å². The summed E-state index contributed by atoms with van der Waals surface area (Å²) in [7, 11) is 0. The number of carbonyl (C=O) groups is 1. The van der Waals surface area contributed by atoms with Crippen LogP contribution in [0.2, 0.25) is 5.02 Å². The maximum Gasteiger partial charge on any atom is 0.319 e. The minimum atomic E-state index is -0.337. The van der Waals surface area contributed by atoms with Gasteiger partial charge < -0.3 is 20.4 Å². The Morgan fingerprint density at radius 2 is 2.08 bits per heavy atom. The first kappa shape index (κ1) is 16.5. The summed E-state index contributed by atoms with van der Waals surface area (Å²) in [4.78, 5) is 26.1. The lowest BCUT2D eigenvalue weighted by Gasteiger charge is -2.20. The Balaban J connectivity index is 1.65. The Hall–Kier alpha value is -2.31. The molecule has 2 atom stereocenters. The minimum absolute atomic E-state index is 0.130. The van der Waals surface area contributed by atoms with Crippen LogP contribution in [-0.2, 0) is 4.74 Å². The number of pyridine rings is 1. The minimum Gasteiger partial charge on any atom is -0.371 e. The highest BCUT2D eigenvalue weighted by atomic mass is 35.5. The van der Waals surface area contributed by atoms with Gasteiger partial charge in [0.05, 0.1) is 11.7 Å². The third-order valence-corrected chi connectivity index (χ3v) is 4.21. The first-order chi connectivity index (χ1) is 11.5. The Morgan fingerprint density at radius 1 is 1.33 bits per heavy atom. The summed E-state index contributed by atoms with van der Waals surface area (Å²) in [5.74, 6) is 0. The zero-order valence-electron chi connectivity index (χ0n) is 13.1. The van der Waals surface area contributed by atoms with Gasteiger partial charge in [-0.3, -0.25) is 4.79 Å². The Bertz CT molecular complexity index is 788. The SMILES string of the molecule is Cc1cc(NC(=O)N[C@@H]2CCO[C@H]2c2ccc(Cl)cc2)c[nH]c1=O. The second-order valence-corrected chi connectivity index (χ2v) is 6.17. The fourth-order valence-corrected chi connectivity index (χ4v) is 2.85. The molecule has 7 heteroatoms. The van der Waals surface area contributed by atoms with Gasteiger partial charge in [0.25, 0.3) is 5.56 Å². The number of benzene rings is 1. The maximum atomic E-state index is 12.2. The molecular formula is C17H18ClN3O3. The lowest BCUT2D eigenvalue weighted by Crippen LogP contribution is -2.39. The van der Waals surface area contributed by atoms with Crippen molar-refractivity contribution in [2.75, 3.05) is 11.9 Å². The molecule has 3 rings (SSSR count). The van der Waals surface area contributed by atoms with Crippen LogP contribution in [0, 0.1) is 6.92 Å². The highest BCUT2D eigenvalue weighted by Gasteiger charge is 2.30. The van der Waals surface area contributed by atoms with Crippen molar-refractivity contribution in [2.24, 2.45) is 0 Å². The van der Waals surface area contributed by atoms with Crippen molar-refractivity contribution >= 4 is 23.3 Å². The van der Waals surface area contributed by atoms with Gasteiger partial charge in [0.2, 0.25) is 0 Å². The third kappa shape index (κ3) is 3.77. The van der Waals surface area contributed by atoms with Crippen LogP contribution >= 0.6 is 11.6 Å². The first-order valence-electron chi connectivity index (χ1n) is 7.67. The monoisotopic (exact) mass is 347 g/mol. The molecule has 2 amide bonds. The Labute approximate surface area is 144 Å². The molecule has 3 N–H and O–H groups in total. The number of aromatic nitrogens is 1. The lowest BCUT2D eigenvalue weighted by atomic mass is 10.0. The van der Waals surface area contributed by atoms with E-state index in [1.165, 1.54) is 6.20 Å². The van der Waals surface area contributed by atoms with Crippen LogP contribution in [0.15, 0.2) is 41.3 Å². The van der Waals surface area contributed by atoms with Crippen molar-refractivity contribution in [3.05, 3.63) is 63.0 Å². The number of rotatable bonds is 3. The third-order valence-electron chi connectivity index (χ3n) is 3.95. The van der Waals surface area contributed by atoms with E-state index < -0.39 is 0 Å². The molecule has 1 fully saturated rings. The van der Waals surface area contributed by atoms with Crippen LogP contribution in [0.3, 0.4) is 0 Å². The molecule has 0 aliphatic carbocycles. The molecule has 24 heavy (non-hydrogen) atoms. The van der Waals surface area contributed by atoms with Gasteiger partial charge in [-0.15, -0.1) is 0 Å². The fraction of sp³-hybridized carbons (Fsp3) is 0.294. The van der Waals surface area contributed by atoms with Crippen molar-refractivity contribution in [3.63, 3.8) is 0 Å². The summed E-state index contributed by atoms with van der Waals surface area (Å²) in [6.07, 6.45) is 1.99. The number of urea groups is 1. The second-order valence-electron chi connectivity index (χ2n) is 5.74. The largest absolute Gasteiger partial charge is 0.371 e. The standard InChI is InChI=1S/C17H18ClN3O3/c1-10-8-13(9-19-16(10)22)20-17(23)21-14-6-7-24-15(14)11-2-4-12(18)5-3-11/h2-5,8-9,14-15H,6-7H2,1H3,(H,19,22)(H2,20,21,23)/t14-,15+/m1/s1. The summed E-state index contributed by atoms with van der Waals surface area (Å²) in [6.45, 7) is 2.26. The molecule has 1 aliphatic heterocycles. The zero-order chi connectivity index (χ0) is 17.1. The zero-order valence-corrected chi connectivity index (χ0v) is 13.9. The van der Waals surface area contributed by atoms with Crippen molar-refractivity contribution in [2.45, 2.75) is 25.5 Å². The molecular weight excluding hydrogens is 330 g/mol. The number of hydrogen-bond acceptors (Lipinski definition) is 3. The Morgan fingerprint density at radius 3 is 2.79 bits per heavy atom. The van der Waals surface area contributed by atoms with Crippen molar-refractivity contribution in [1.29, 1.82) is 0 Å². The van der Waals surface area contributed by atoms with Crippen LogP contribution in [0.4, 0.5) is 10.5 Å². The number of carbonyl (C=O) groups excluding carboxylic acids is 1. The quantitative estimate of drug-likeness (QED) is 0.798. The molecule has 1 aliphatic rings. The van der Waals surface area contributed by atoms with Gasteiger partial charge in [0.1, 0.15) is 6.10 Å². The molecule has 1 aromatic heterocycles. The van der Waals surface area contributed by atoms with Crippen LogP contribution in [0.5, 0.6) is 0 Å². The van der Waals surface area contributed by atoms with Crippen molar-refractivity contribution in [1.82, 2.24) is 10.3 Å².